The summed E-state index contributed by atoms with van der Waals surface area (Å²) in [7, 11) is 0. The SMILES string of the molecule is Cc1cnc(CCCS)cn1. The monoisotopic (exact) mass is 168 g/mol. The Kier molecular flexibility index (Phi) is 3.36. The lowest BCUT2D eigenvalue weighted by Gasteiger charge is -1.97. The van der Waals surface area contributed by atoms with Crippen molar-refractivity contribution in [2.24, 2.45) is 0 Å². The van der Waals surface area contributed by atoms with Gasteiger partial charge in [0.05, 0.1) is 11.4 Å². The molecule has 2 nitrogen and oxygen atoms in total. The molecule has 1 aromatic heterocycles. The van der Waals surface area contributed by atoms with Gasteiger partial charge in [-0.2, -0.15) is 12.6 Å². The van der Waals surface area contributed by atoms with Gasteiger partial charge in [0.25, 0.3) is 0 Å². The van der Waals surface area contributed by atoms with Gasteiger partial charge in [0.1, 0.15) is 0 Å². The number of rotatable bonds is 3. The Hall–Kier alpha value is -0.570. The van der Waals surface area contributed by atoms with Gasteiger partial charge in [-0.05, 0) is 25.5 Å². The standard InChI is InChI=1S/C8H12N2S/c1-7-5-10-8(6-9-7)3-2-4-11/h5-6,11H,2-4H2,1H3. The van der Waals surface area contributed by atoms with Crippen molar-refractivity contribution in [2.75, 3.05) is 5.75 Å². The summed E-state index contributed by atoms with van der Waals surface area (Å²) in [6.07, 6.45) is 5.68. The fourth-order valence-electron chi connectivity index (χ4n) is 0.809. The highest BCUT2D eigenvalue weighted by Gasteiger charge is 1.92. The molecule has 0 aliphatic rings. The summed E-state index contributed by atoms with van der Waals surface area (Å²) in [5.74, 6) is 0.912. The van der Waals surface area contributed by atoms with E-state index in [0.717, 1.165) is 30.0 Å². The molecule has 1 rings (SSSR count). The second kappa shape index (κ2) is 4.34. The predicted octanol–water partition coefficient (Wildman–Crippen LogP) is 1.65. The lowest BCUT2D eigenvalue weighted by atomic mass is 10.2. The van der Waals surface area contributed by atoms with Crippen LogP contribution in [0.25, 0.3) is 0 Å². The van der Waals surface area contributed by atoms with Crippen LogP contribution in [0.2, 0.25) is 0 Å². The third-order valence-corrected chi connectivity index (χ3v) is 1.74. The van der Waals surface area contributed by atoms with Crippen molar-refractivity contribution < 1.29 is 0 Å². The Morgan fingerprint density at radius 2 is 2.18 bits per heavy atom. The lowest BCUT2D eigenvalue weighted by Crippen LogP contribution is -1.93. The first-order valence-electron chi connectivity index (χ1n) is 3.71. The van der Waals surface area contributed by atoms with Gasteiger partial charge in [-0.15, -0.1) is 0 Å². The van der Waals surface area contributed by atoms with E-state index < -0.39 is 0 Å². The Balaban J connectivity index is 2.52. The molecule has 0 saturated carbocycles. The van der Waals surface area contributed by atoms with Crippen molar-refractivity contribution in [1.29, 1.82) is 0 Å². The van der Waals surface area contributed by atoms with E-state index in [1.165, 1.54) is 0 Å². The summed E-state index contributed by atoms with van der Waals surface area (Å²) in [5.41, 5.74) is 2.03. The summed E-state index contributed by atoms with van der Waals surface area (Å²) in [4.78, 5) is 8.36. The smallest absolute Gasteiger partial charge is 0.0587 e. The minimum atomic E-state index is 0.912. The highest BCUT2D eigenvalue weighted by molar-refractivity contribution is 7.80. The molecule has 1 aromatic rings. The van der Waals surface area contributed by atoms with Gasteiger partial charge >= 0.3 is 0 Å². The Morgan fingerprint density at radius 3 is 2.73 bits per heavy atom. The average Bonchev–Trinajstić information content (AvgIpc) is 2.04. The molecule has 0 saturated heterocycles. The van der Waals surface area contributed by atoms with Crippen LogP contribution in [0.5, 0.6) is 0 Å². The minimum Gasteiger partial charge on any atom is -0.258 e. The Morgan fingerprint density at radius 1 is 1.36 bits per heavy atom. The second-order valence-electron chi connectivity index (χ2n) is 2.48. The zero-order valence-electron chi connectivity index (χ0n) is 6.62. The van der Waals surface area contributed by atoms with Crippen LogP contribution in [0, 0.1) is 6.92 Å². The summed E-state index contributed by atoms with van der Waals surface area (Å²) in [5, 5.41) is 0. The van der Waals surface area contributed by atoms with Crippen LogP contribution >= 0.6 is 12.6 Å². The maximum Gasteiger partial charge on any atom is 0.0587 e. The number of hydrogen-bond donors (Lipinski definition) is 1. The van der Waals surface area contributed by atoms with Crippen molar-refractivity contribution in [1.82, 2.24) is 9.97 Å². The largest absolute Gasteiger partial charge is 0.258 e. The Labute approximate surface area is 72.5 Å². The fraction of sp³-hybridized carbons (Fsp3) is 0.500. The molecule has 11 heavy (non-hydrogen) atoms. The maximum atomic E-state index is 4.22. The van der Waals surface area contributed by atoms with Crippen LogP contribution < -0.4 is 0 Å². The normalized spacial score (nSPS) is 10.0. The molecule has 0 spiro atoms. The molecule has 0 amide bonds. The molecule has 0 bridgehead atoms. The van der Waals surface area contributed by atoms with Crippen LogP contribution in [0.4, 0.5) is 0 Å². The maximum absolute atomic E-state index is 4.22. The van der Waals surface area contributed by atoms with Gasteiger partial charge in [0.2, 0.25) is 0 Å². The van der Waals surface area contributed by atoms with Gasteiger partial charge in [0, 0.05) is 12.4 Å². The molecule has 0 unspecified atom stereocenters. The quantitative estimate of drug-likeness (QED) is 0.694. The van der Waals surface area contributed by atoms with Gasteiger partial charge in [-0.25, -0.2) is 0 Å². The van der Waals surface area contributed by atoms with E-state index in [1.807, 2.05) is 13.1 Å². The number of nitrogens with zero attached hydrogens (tertiary/aromatic N) is 2. The van der Waals surface area contributed by atoms with Gasteiger partial charge in [-0.1, -0.05) is 0 Å². The highest BCUT2D eigenvalue weighted by Crippen LogP contribution is 1.98. The van der Waals surface area contributed by atoms with E-state index in [0.29, 0.717) is 0 Å². The van der Waals surface area contributed by atoms with Crippen molar-refractivity contribution in [3.63, 3.8) is 0 Å². The van der Waals surface area contributed by atoms with Crippen LogP contribution in [-0.4, -0.2) is 15.7 Å². The van der Waals surface area contributed by atoms with Gasteiger partial charge < -0.3 is 0 Å². The van der Waals surface area contributed by atoms with Gasteiger partial charge in [-0.3, -0.25) is 9.97 Å². The van der Waals surface area contributed by atoms with Crippen LogP contribution in [0.1, 0.15) is 17.8 Å². The number of aromatic nitrogens is 2. The average molecular weight is 168 g/mol. The minimum absolute atomic E-state index is 0.912. The first-order valence-corrected chi connectivity index (χ1v) is 4.34. The second-order valence-corrected chi connectivity index (χ2v) is 2.92. The van der Waals surface area contributed by atoms with Crippen molar-refractivity contribution in [3.8, 4) is 0 Å². The third kappa shape index (κ3) is 2.89. The first-order chi connectivity index (χ1) is 5.33. The molecule has 0 N–H and O–H groups in total. The van der Waals surface area contributed by atoms with E-state index >= 15 is 0 Å². The Bertz CT molecular complexity index is 208. The number of aryl methyl sites for hydroxylation is 2. The van der Waals surface area contributed by atoms with Crippen LogP contribution in [0.3, 0.4) is 0 Å². The summed E-state index contributed by atoms with van der Waals surface area (Å²) in [6, 6.07) is 0. The third-order valence-electron chi connectivity index (χ3n) is 1.43. The molecule has 0 radical (unpaired) electrons. The van der Waals surface area contributed by atoms with Gasteiger partial charge in [0.15, 0.2) is 0 Å². The lowest BCUT2D eigenvalue weighted by molar-refractivity contribution is 0.874. The van der Waals surface area contributed by atoms with Crippen molar-refractivity contribution >= 4 is 12.6 Å². The molecular formula is C8H12N2S. The zero-order valence-corrected chi connectivity index (χ0v) is 7.51. The fourth-order valence-corrected chi connectivity index (χ4v) is 0.967. The van der Waals surface area contributed by atoms with Crippen LogP contribution in [-0.2, 0) is 6.42 Å². The zero-order chi connectivity index (χ0) is 8.10. The summed E-state index contributed by atoms with van der Waals surface area (Å²) >= 11 is 4.12. The van der Waals surface area contributed by atoms with E-state index in [2.05, 4.69) is 22.6 Å². The topological polar surface area (TPSA) is 25.8 Å². The van der Waals surface area contributed by atoms with E-state index in [1.54, 1.807) is 6.20 Å². The number of thiol groups is 1. The summed E-state index contributed by atoms with van der Waals surface area (Å²) < 4.78 is 0. The van der Waals surface area contributed by atoms with Crippen molar-refractivity contribution in [3.05, 3.63) is 23.8 Å². The van der Waals surface area contributed by atoms with E-state index in [-0.39, 0.29) is 0 Å². The van der Waals surface area contributed by atoms with E-state index in [4.69, 9.17) is 0 Å². The summed E-state index contributed by atoms with van der Waals surface area (Å²) in [6.45, 7) is 1.94. The van der Waals surface area contributed by atoms with Crippen molar-refractivity contribution in [2.45, 2.75) is 19.8 Å². The molecule has 60 valence electrons. The molecular weight excluding hydrogens is 156 g/mol. The number of hydrogen-bond acceptors (Lipinski definition) is 3. The molecule has 0 fully saturated rings. The molecule has 1 heterocycles. The highest BCUT2D eigenvalue weighted by atomic mass is 32.1. The molecule has 0 aromatic carbocycles. The molecule has 3 heteroatoms. The molecule has 0 aliphatic heterocycles. The first kappa shape index (κ1) is 8.53. The predicted molar refractivity (Wildman–Crippen MR) is 48.9 cm³/mol. The molecule has 0 atom stereocenters. The van der Waals surface area contributed by atoms with E-state index in [9.17, 15) is 0 Å². The van der Waals surface area contributed by atoms with Crippen LogP contribution in [0.15, 0.2) is 12.4 Å². The molecule has 0 aliphatic carbocycles.